The number of hydrogen-bond donors (Lipinski definition) is 0. The number of hydrogen-bond acceptors (Lipinski definition) is 1. The minimum atomic E-state index is 0.249. The standard InChI is InChI=1S/C26H34O/c1-7-16-27-22-11-8-20(9-12-22)17-19(2)21-10-13-23-24(18-21)26(5,6)15-14-25(23,3)4/h8-13,17-18H,7,14-16H2,1-6H3. The lowest BCUT2D eigenvalue weighted by molar-refractivity contribution is 0.317. The molecule has 1 aliphatic carbocycles. The molecule has 27 heavy (non-hydrogen) atoms. The van der Waals surface area contributed by atoms with Crippen LogP contribution in [0.1, 0.15) is 83.1 Å². The Kier molecular flexibility index (Phi) is 5.51. The maximum atomic E-state index is 5.68. The molecular formula is C26H34O. The number of rotatable bonds is 5. The average molecular weight is 363 g/mol. The highest BCUT2D eigenvalue weighted by atomic mass is 16.5. The van der Waals surface area contributed by atoms with E-state index in [0.29, 0.717) is 0 Å². The van der Waals surface area contributed by atoms with Gasteiger partial charge in [-0.3, -0.25) is 0 Å². The molecule has 0 N–H and O–H groups in total. The lowest BCUT2D eigenvalue weighted by Gasteiger charge is -2.42. The summed E-state index contributed by atoms with van der Waals surface area (Å²) in [5.74, 6) is 0.949. The normalized spacial score (nSPS) is 18.1. The maximum Gasteiger partial charge on any atom is 0.119 e. The molecule has 0 atom stereocenters. The van der Waals surface area contributed by atoms with Crippen LogP contribution in [0.25, 0.3) is 11.6 Å². The maximum absolute atomic E-state index is 5.68. The van der Waals surface area contributed by atoms with Crippen LogP contribution in [-0.2, 0) is 10.8 Å². The van der Waals surface area contributed by atoms with Crippen LogP contribution in [0.5, 0.6) is 5.75 Å². The second-order valence-corrected chi connectivity index (χ2v) is 9.27. The van der Waals surface area contributed by atoms with Crippen molar-refractivity contribution in [2.45, 2.75) is 71.6 Å². The molecule has 0 spiro atoms. The molecule has 0 saturated carbocycles. The lowest BCUT2D eigenvalue weighted by Crippen LogP contribution is -2.33. The van der Waals surface area contributed by atoms with Crippen molar-refractivity contribution < 1.29 is 4.74 Å². The molecule has 0 amide bonds. The Balaban J connectivity index is 1.89. The van der Waals surface area contributed by atoms with E-state index >= 15 is 0 Å². The van der Waals surface area contributed by atoms with Crippen molar-refractivity contribution in [3.8, 4) is 5.75 Å². The van der Waals surface area contributed by atoms with Crippen LogP contribution in [-0.4, -0.2) is 6.61 Å². The first-order chi connectivity index (χ1) is 12.7. The zero-order valence-corrected chi connectivity index (χ0v) is 17.9. The Labute approximate surface area is 165 Å². The van der Waals surface area contributed by atoms with E-state index in [4.69, 9.17) is 4.74 Å². The number of fused-ring (bicyclic) bond motifs is 1. The predicted molar refractivity (Wildman–Crippen MR) is 118 cm³/mol. The highest BCUT2D eigenvalue weighted by molar-refractivity contribution is 5.80. The molecule has 3 rings (SSSR count). The van der Waals surface area contributed by atoms with E-state index in [1.54, 1.807) is 0 Å². The van der Waals surface area contributed by atoms with E-state index < -0.39 is 0 Å². The van der Waals surface area contributed by atoms with Gasteiger partial charge in [-0.15, -0.1) is 0 Å². The summed E-state index contributed by atoms with van der Waals surface area (Å²) in [6.45, 7) is 14.6. The molecular weight excluding hydrogens is 328 g/mol. The molecule has 0 heterocycles. The summed E-state index contributed by atoms with van der Waals surface area (Å²) in [6, 6.07) is 15.5. The molecule has 1 heteroatoms. The van der Waals surface area contributed by atoms with Crippen LogP contribution >= 0.6 is 0 Å². The molecule has 2 aromatic rings. The van der Waals surface area contributed by atoms with Crippen molar-refractivity contribution in [2.75, 3.05) is 6.61 Å². The summed E-state index contributed by atoms with van der Waals surface area (Å²) in [5.41, 5.74) is 7.41. The molecule has 0 aromatic heterocycles. The Morgan fingerprint density at radius 3 is 2.19 bits per heavy atom. The molecule has 144 valence electrons. The highest BCUT2D eigenvalue weighted by Gasteiger charge is 2.36. The molecule has 2 aromatic carbocycles. The second-order valence-electron chi connectivity index (χ2n) is 9.27. The van der Waals surface area contributed by atoms with Gasteiger partial charge in [0, 0.05) is 0 Å². The monoisotopic (exact) mass is 362 g/mol. The lowest BCUT2D eigenvalue weighted by atomic mass is 9.63. The smallest absolute Gasteiger partial charge is 0.119 e. The van der Waals surface area contributed by atoms with Crippen LogP contribution < -0.4 is 4.74 Å². The van der Waals surface area contributed by atoms with Gasteiger partial charge in [0.15, 0.2) is 0 Å². The van der Waals surface area contributed by atoms with E-state index in [9.17, 15) is 0 Å². The Morgan fingerprint density at radius 2 is 1.56 bits per heavy atom. The molecule has 1 aliphatic rings. The summed E-state index contributed by atoms with van der Waals surface area (Å²) >= 11 is 0. The van der Waals surface area contributed by atoms with Crippen LogP contribution in [0.4, 0.5) is 0 Å². The topological polar surface area (TPSA) is 9.23 Å². The third kappa shape index (κ3) is 4.29. The first-order valence-electron chi connectivity index (χ1n) is 10.3. The van der Waals surface area contributed by atoms with Crippen molar-refractivity contribution >= 4 is 11.6 Å². The van der Waals surface area contributed by atoms with E-state index in [1.807, 2.05) is 0 Å². The number of allylic oxidation sites excluding steroid dienone is 1. The summed E-state index contributed by atoms with van der Waals surface area (Å²) in [7, 11) is 0. The third-order valence-electron chi connectivity index (χ3n) is 6.04. The van der Waals surface area contributed by atoms with Gasteiger partial charge in [0.25, 0.3) is 0 Å². The van der Waals surface area contributed by atoms with Crippen LogP contribution in [0, 0.1) is 0 Å². The molecule has 0 fully saturated rings. The van der Waals surface area contributed by atoms with Crippen LogP contribution in [0.2, 0.25) is 0 Å². The molecule has 1 nitrogen and oxygen atoms in total. The summed E-state index contributed by atoms with van der Waals surface area (Å²) < 4.78 is 5.68. The molecule has 0 radical (unpaired) electrons. The quantitative estimate of drug-likeness (QED) is 0.504. The fraction of sp³-hybridized carbons (Fsp3) is 0.462. The molecule has 0 aliphatic heterocycles. The van der Waals surface area contributed by atoms with Gasteiger partial charge in [-0.25, -0.2) is 0 Å². The zero-order chi connectivity index (χ0) is 19.7. The molecule has 0 unspecified atom stereocenters. The SMILES string of the molecule is CCCOc1ccc(C=C(C)c2ccc3c(c2)C(C)(C)CCC3(C)C)cc1. The summed E-state index contributed by atoms with van der Waals surface area (Å²) in [6.07, 6.45) is 5.81. The fourth-order valence-electron chi connectivity index (χ4n) is 4.05. The van der Waals surface area contributed by atoms with Gasteiger partial charge in [-0.05, 0) is 77.0 Å². The van der Waals surface area contributed by atoms with Crippen LogP contribution in [0.3, 0.4) is 0 Å². The largest absolute Gasteiger partial charge is 0.494 e. The Hall–Kier alpha value is -2.02. The fourth-order valence-corrected chi connectivity index (χ4v) is 4.05. The van der Waals surface area contributed by atoms with Crippen molar-refractivity contribution in [2.24, 2.45) is 0 Å². The van der Waals surface area contributed by atoms with Gasteiger partial charge >= 0.3 is 0 Å². The van der Waals surface area contributed by atoms with Crippen molar-refractivity contribution in [3.05, 3.63) is 64.7 Å². The van der Waals surface area contributed by atoms with E-state index in [2.05, 4.69) is 90.1 Å². The Morgan fingerprint density at radius 1 is 0.926 bits per heavy atom. The van der Waals surface area contributed by atoms with Gasteiger partial charge in [0.2, 0.25) is 0 Å². The first kappa shape index (κ1) is 19.7. The third-order valence-corrected chi connectivity index (χ3v) is 6.04. The van der Waals surface area contributed by atoms with Gasteiger partial charge in [-0.2, -0.15) is 0 Å². The van der Waals surface area contributed by atoms with Crippen molar-refractivity contribution in [1.82, 2.24) is 0 Å². The van der Waals surface area contributed by atoms with Crippen molar-refractivity contribution in [3.63, 3.8) is 0 Å². The predicted octanol–water partition coefficient (Wildman–Crippen LogP) is 7.38. The second kappa shape index (κ2) is 7.54. The van der Waals surface area contributed by atoms with Crippen molar-refractivity contribution in [1.29, 1.82) is 0 Å². The highest BCUT2D eigenvalue weighted by Crippen LogP contribution is 2.46. The zero-order valence-electron chi connectivity index (χ0n) is 17.9. The van der Waals surface area contributed by atoms with E-state index in [1.165, 1.54) is 40.7 Å². The van der Waals surface area contributed by atoms with Gasteiger partial charge in [0.05, 0.1) is 6.61 Å². The minimum Gasteiger partial charge on any atom is -0.494 e. The molecule has 0 bridgehead atoms. The first-order valence-corrected chi connectivity index (χ1v) is 10.3. The molecule has 0 saturated heterocycles. The summed E-state index contributed by atoms with van der Waals surface area (Å²) in [4.78, 5) is 0. The van der Waals surface area contributed by atoms with Gasteiger partial charge < -0.3 is 4.74 Å². The van der Waals surface area contributed by atoms with E-state index in [-0.39, 0.29) is 10.8 Å². The van der Waals surface area contributed by atoms with Gasteiger partial charge in [0.1, 0.15) is 5.75 Å². The van der Waals surface area contributed by atoms with Gasteiger partial charge in [-0.1, -0.05) is 71.0 Å². The van der Waals surface area contributed by atoms with Crippen LogP contribution in [0.15, 0.2) is 42.5 Å². The minimum absolute atomic E-state index is 0.249. The number of ether oxygens (including phenoxy) is 1. The van der Waals surface area contributed by atoms with E-state index in [0.717, 1.165) is 18.8 Å². The summed E-state index contributed by atoms with van der Waals surface area (Å²) in [5, 5.41) is 0. The Bertz CT molecular complexity index is 822. The number of benzene rings is 2. The average Bonchev–Trinajstić information content (AvgIpc) is 2.65.